The van der Waals surface area contributed by atoms with Crippen LogP contribution in [0, 0.1) is 0 Å². The highest BCUT2D eigenvalue weighted by Crippen LogP contribution is 2.33. The number of methoxy groups -OCH3 is 2. The molecule has 0 fully saturated rings. The molecular formula is C39H43N5O4. The smallest absolute Gasteiger partial charge is 0.259 e. The fraction of sp³-hybridized carbons (Fsp3) is 0.308. The van der Waals surface area contributed by atoms with Gasteiger partial charge in [0, 0.05) is 25.3 Å². The van der Waals surface area contributed by atoms with Crippen LogP contribution in [0.2, 0.25) is 0 Å². The summed E-state index contributed by atoms with van der Waals surface area (Å²) in [6, 6.07) is 27.8. The Hall–Kier alpha value is -5.15. The third-order valence-corrected chi connectivity index (χ3v) is 8.77. The summed E-state index contributed by atoms with van der Waals surface area (Å²) >= 11 is 0. The van der Waals surface area contributed by atoms with E-state index in [4.69, 9.17) is 14.2 Å². The summed E-state index contributed by atoms with van der Waals surface area (Å²) in [4.78, 5) is 15.6. The highest BCUT2D eigenvalue weighted by molar-refractivity contribution is 6.06. The van der Waals surface area contributed by atoms with E-state index in [1.54, 1.807) is 31.0 Å². The first kappa shape index (κ1) is 32.8. The molecule has 6 rings (SSSR count). The molecule has 5 aromatic rings. The van der Waals surface area contributed by atoms with Gasteiger partial charge < -0.3 is 19.5 Å². The molecule has 9 nitrogen and oxygen atoms in total. The standard InChI is InChI=1S/C39H43N5O4/c1-39(2,3)30-12-14-31(15-13-30)40-38(45)34-8-6-7-9-35(34)48-26-32-25-44(42-41-32)33-16-10-27(11-17-33)18-20-43-21-19-28-22-36(46-4)37(47-5)23-29(28)24-43/h6-17,22-23,25H,18-21,24,26H2,1-5H3,(H,40,45). The van der Waals surface area contributed by atoms with Crippen LogP contribution in [0.5, 0.6) is 17.2 Å². The second-order valence-electron chi connectivity index (χ2n) is 13.1. The lowest BCUT2D eigenvalue weighted by Crippen LogP contribution is -2.32. The second kappa shape index (κ2) is 14.3. The Labute approximate surface area is 282 Å². The number of fused-ring (bicyclic) bond motifs is 1. The van der Waals surface area contributed by atoms with Crippen LogP contribution in [0.3, 0.4) is 0 Å². The summed E-state index contributed by atoms with van der Waals surface area (Å²) in [5.74, 6) is 1.82. The number of rotatable bonds is 11. The monoisotopic (exact) mass is 645 g/mol. The van der Waals surface area contributed by atoms with E-state index in [2.05, 4.69) is 77.7 Å². The van der Waals surface area contributed by atoms with E-state index in [1.807, 2.05) is 42.6 Å². The molecular weight excluding hydrogens is 602 g/mol. The predicted octanol–water partition coefficient (Wildman–Crippen LogP) is 7.01. The number of para-hydroxylation sites is 1. The zero-order valence-corrected chi connectivity index (χ0v) is 28.3. The summed E-state index contributed by atoms with van der Waals surface area (Å²) in [6.45, 7) is 9.56. The molecule has 1 aliphatic rings. The SMILES string of the molecule is COc1cc2c(cc1OC)CN(CCc1ccc(-n3cc(COc4ccccc4C(=O)Nc4ccc(C(C)(C)C)cc4)nn3)cc1)CC2. The first-order valence-electron chi connectivity index (χ1n) is 16.3. The molecule has 248 valence electrons. The molecule has 1 aromatic heterocycles. The third kappa shape index (κ3) is 7.69. The van der Waals surface area contributed by atoms with Crippen molar-refractivity contribution in [1.29, 1.82) is 0 Å². The molecule has 1 amide bonds. The van der Waals surface area contributed by atoms with E-state index in [-0.39, 0.29) is 17.9 Å². The first-order valence-corrected chi connectivity index (χ1v) is 16.3. The fourth-order valence-corrected chi connectivity index (χ4v) is 5.91. The van der Waals surface area contributed by atoms with Crippen LogP contribution in [0.15, 0.2) is 91.1 Å². The molecule has 0 bridgehead atoms. The van der Waals surface area contributed by atoms with Gasteiger partial charge in [-0.3, -0.25) is 9.69 Å². The average Bonchev–Trinajstić information content (AvgIpc) is 3.58. The molecule has 0 spiro atoms. The number of carbonyl (C=O) groups is 1. The Bertz CT molecular complexity index is 1860. The van der Waals surface area contributed by atoms with Crippen molar-refractivity contribution in [2.75, 3.05) is 32.6 Å². The molecule has 0 saturated heterocycles. The summed E-state index contributed by atoms with van der Waals surface area (Å²) < 4.78 is 18.8. The molecule has 0 atom stereocenters. The van der Waals surface area contributed by atoms with Crippen molar-refractivity contribution in [1.82, 2.24) is 19.9 Å². The van der Waals surface area contributed by atoms with Gasteiger partial charge in [0.25, 0.3) is 5.91 Å². The van der Waals surface area contributed by atoms with E-state index in [0.717, 1.165) is 55.3 Å². The first-order chi connectivity index (χ1) is 23.2. The Balaban J connectivity index is 1.02. The maximum atomic E-state index is 13.1. The topological polar surface area (TPSA) is 90.7 Å². The minimum absolute atomic E-state index is 0.0437. The van der Waals surface area contributed by atoms with E-state index in [9.17, 15) is 4.79 Å². The molecule has 0 unspecified atom stereocenters. The number of nitrogens with one attached hydrogen (secondary N) is 1. The van der Waals surface area contributed by atoms with Gasteiger partial charge >= 0.3 is 0 Å². The quantitative estimate of drug-likeness (QED) is 0.165. The van der Waals surface area contributed by atoms with Crippen molar-refractivity contribution >= 4 is 11.6 Å². The Morgan fingerprint density at radius 3 is 2.29 bits per heavy atom. The van der Waals surface area contributed by atoms with E-state index in [1.165, 1.54) is 22.3 Å². The molecule has 0 radical (unpaired) electrons. The summed E-state index contributed by atoms with van der Waals surface area (Å²) in [5.41, 5.74) is 7.91. The number of benzene rings is 4. The summed E-state index contributed by atoms with van der Waals surface area (Å²) in [7, 11) is 3.36. The molecule has 9 heteroatoms. The molecule has 1 aliphatic heterocycles. The normalized spacial score (nSPS) is 13.1. The van der Waals surface area contributed by atoms with Crippen LogP contribution in [-0.2, 0) is 31.4 Å². The van der Waals surface area contributed by atoms with Crippen molar-refractivity contribution in [2.24, 2.45) is 0 Å². The van der Waals surface area contributed by atoms with Crippen molar-refractivity contribution in [3.8, 4) is 22.9 Å². The minimum atomic E-state index is -0.233. The zero-order chi connectivity index (χ0) is 33.7. The molecule has 48 heavy (non-hydrogen) atoms. The Kier molecular flexibility index (Phi) is 9.77. The minimum Gasteiger partial charge on any atom is -0.493 e. The van der Waals surface area contributed by atoms with Crippen molar-refractivity contribution in [3.63, 3.8) is 0 Å². The van der Waals surface area contributed by atoms with Gasteiger partial charge in [0.15, 0.2) is 11.5 Å². The Morgan fingerprint density at radius 2 is 1.58 bits per heavy atom. The number of amides is 1. The lowest BCUT2D eigenvalue weighted by molar-refractivity contribution is 0.102. The van der Waals surface area contributed by atoms with Gasteiger partial charge in [0.05, 0.1) is 31.7 Å². The van der Waals surface area contributed by atoms with E-state index >= 15 is 0 Å². The van der Waals surface area contributed by atoms with Gasteiger partial charge in [-0.15, -0.1) is 5.10 Å². The van der Waals surface area contributed by atoms with Gasteiger partial charge in [0.1, 0.15) is 18.1 Å². The molecule has 4 aromatic carbocycles. The van der Waals surface area contributed by atoms with Crippen LogP contribution in [0.4, 0.5) is 5.69 Å². The number of anilines is 1. The molecule has 2 heterocycles. The fourth-order valence-electron chi connectivity index (χ4n) is 5.91. The third-order valence-electron chi connectivity index (χ3n) is 8.77. The maximum Gasteiger partial charge on any atom is 0.259 e. The van der Waals surface area contributed by atoms with Gasteiger partial charge in [-0.1, -0.05) is 62.4 Å². The van der Waals surface area contributed by atoms with Crippen LogP contribution in [0.1, 0.15) is 59.1 Å². The number of nitrogens with zero attached hydrogens (tertiary/aromatic N) is 4. The van der Waals surface area contributed by atoms with E-state index < -0.39 is 0 Å². The van der Waals surface area contributed by atoms with Gasteiger partial charge in [0.2, 0.25) is 0 Å². The van der Waals surface area contributed by atoms with Gasteiger partial charge in [-0.25, -0.2) is 4.68 Å². The zero-order valence-electron chi connectivity index (χ0n) is 28.3. The average molecular weight is 646 g/mol. The van der Waals surface area contributed by atoms with Crippen LogP contribution >= 0.6 is 0 Å². The highest BCUT2D eigenvalue weighted by Gasteiger charge is 2.20. The van der Waals surface area contributed by atoms with Crippen molar-refractivity contribution < 1.29 is 19.0 Å². The molecule has 0 saturated carbocycles. The highest BCUT2D eigenvalue weighted by atomic mass is 16.5. The number of ether oxygens (including phenoxy) is 3. The van der Waals surface area contributed by atoms with Crippen LogP contribution < -0.4 is 19.5 Å². The maximum absolute atomic E-state index is 13.1. The van der Waals surface area contributed by atoms with Crippen molar-refractivity contribution in [3.05, 3.63) is 125 Å². The Morgan fingerprint density at radius 1 is 0.875 bits per heavy atom. The van der Waals surface area contributed by atoms with Crippen molar-refractivity contribution in [2.45, 2.75) is 52.2 Å². The summed E-state index contributed by atoms with van der Waals surface area (Å²) in [6.07, 6.45) is 3.80. The number of hydrogen-bond acceptors (Lipinski definition) is 7. The summed E-state index contributed by atoms with van der Waals surface area (Å²) in [5, 5.41) is 11.6. The number of hydrogen-bond donors (Lipinski definition) is 1. The lowest BCUT2D eigenvalue weighted by Gasteiger charge is -2.29. The van der Waals surface area contributed by atoms with E-state index in [0.29, 0.717) is 17.0 Å². The molecule has 0 aliphatic carbocycles. The predicted molar refractivity (Wildman–Crippen MR) is 187 cm³/mol. The molecule has 1 N–H and O–H groups in total. The lowest BCUT2D eigenvalue weighted by atomic mass is 9.87. The largest absolute Gasteiger partial charge is 0.493 e. The van der Waals surface area contributed by atoms with Gasteiger partial charge in [-0.05, 0) is 89.0 Å². The number of carbonyl (C=O) groups excluding carboxylic acids is 1. The second-order valence-corrected chi connectivity index (χ2v) is 13.1. The van der Waals surface area contributed by atoms with Gasteiger partial charge in [-0.2, -0.15) is 0 Å². The number of aromatic nitrogens is 3. The van der Waals surface area contributed by atoms with Crippen LogP contribution in [-0.4, -0.2) is 53.1 Å². The van der Waals surface area contributed by atoms with Crippen LogP contribution in [0.25, 0.3) is 5.69 Å².